The first-order chi connectivity index (χ1) is 7.38. The predicted molar refractivity (Wildman–Crippen MR) is 64.5 cm³/mol. The Balaban J connectivity index is 2.11. The molecular weight excluding hydrogens is 254 g/mol. The van der Waals surface area contributed by atoms with Crippen molar-refractivity contribution in [3.8, 4) is 0 Å². The highest BCUT2D eigenvalue weighted by Gasteiger charge is 1.97. The lowest BCUT2D eigenvalue weighted by molar-refractivity contribution is 0.514. The van der Waals surface area contributed by atoms with Crippen LogP contribution < -0.4 is 0 Å². The zero-order valence-electron chi connectivity index (χ0n) is 8.06. The monoisotopic (exact) mass is 263 g/mol. The molecule has 0 unspecified atom stereocenters. The number of nitrogens with zero attached hydrogens (tertiary/aromatic N) is 1. The second-order valence-electron chi connectivity index (χ2n) is 3.04. The Morgan fingerprint density at radius 2 is 2.00 bits per heavy atom. The molecule has 76 valence electrons. The first-order valence-electron chi connectivity index (χ1n) is 4.62. The fourth-order valence-electron chi connectivity index (χ4n) is 1.19. The minimum absolute atomic E-state index is 0.633. The largest absolute Gasteiger partial charge is 0.441 e. The third-order valence-electron chi connectivity index (χ3n) is 1.92. The van der Waals surface area contributed by atoms with Crippen molar-refractivity contribution in [2.75, 3.05) is 0 Å². The van der Waals surface area contributed by atoms with E-state index in [1.807, 2.05) is 42.5 Å². The number of rotatable bonds is 3. The fraction of sp³-hybridized carbons (Fsp3) is 0.0833. The summed E-state index contributed by atoms with van der Waals surface area (Å²) in [6.07, 6.45) is 5.56. The normalized spacial score (nSPS) is 11.0. The standard InChI is InChI=1S/C12H10BrNO/c13-8-11-9-14-12(15-11)7-6-10-4-2-1-3-5-10/h1-7,9H,8H2/b7-6+. The van der Waals surface area contributed by atoms with E-state index >= 15 is 0 Å². The average molecular weight is 264 g/mol. The fourth-order valence-corrected chi connectivity index (χ4v) is 1.45. The van der Waals surface area contributed by atoms with E-state index < -0.39 is 0 Å². The van der Waals surface area contributed by atoms with Crippen molar-refractivity contribution in [2.45, 2.75) is 5.33 Å². The van der Waals surface area contributed by atoms with Crippen LogP contribution in [0.15, 0.2) is 40.9 Å². The van der Waals surface area contributed by atoms with Gasteiger partial charge in [0.1, 0.15) is 5.76 Å². The van der Waals surface area contributed by atoms with Gasteiger partial charge in [0, 0.05) is 6.08 Å². The Bertz CT molecular complexity index is 448. The number of hydrogen-bond acceptors (Lipinski definition) is 2. The van der Waals surface area contributed by atoms with E-state index in [9.17, 15) is 0 Å². The van der Waals surface area contributed by atoms with Gasteiger partial charge in [-0.3, -0.25) is 0 Å². The van der Waals surface area contributed by atoms with E-state index in [-0.39, 0.29) is 0 Å². The van der Waals surface area contributed by atoms with Crippen LogP contribution in [0.1, 0.15) is 17.2 Å². The molecule has 1 aromatic heterocycles. The molecule has 0 spiro atoms. The van der Waals surface area contributed by atoms with E-state index in [1.54, 1.807) is 6.20 Å². The summed E-state index contributed by atoms with van der Waals surface area (Å²) in [5.74, 6) is 1.47. The number of hydrogen-bond donors (Lipinski definition) is 0. The highest BCUT2D eigenvalue weighted by atomic mass is 79.9. The molecule has 0 bridgehead atoms. The minimum atomic E-state index is 0.633. The van der Waals surface area contributed by atoms with Gasteiger partial charge in [-0.25, -0.2) is 4.98 Å². The lowest BCUT2D eigenvalue weighted by atomic mass is 10.2. The maximum absolute atomic E-state index is 5.41. The first-order valence-corrected chi connectivity index (χ1v) is 5.74. The smallest absolute Gasteiger partial charge is 0.218 e. The van der Waals surface area contributed by atoms with Crippen LogP contribution in [0.25, 0.3) is 12.2 Å². The van der Waals surface area contributed by atoms with Gasteiger partial charge in [0.2, 0.25) is 5.89 Å². The Kier molecular flexibility index (Phi) is 3.35. The summed E-state index contributed by atoms with van der Waals surface area (Å²) < 4.78 is 5.41. The summed E-state index contributed by atoms with van der Waals surface area (Å²) in [7, 11) is 0. The Morgan fingerprint density at radius 3 is 2.67 bits per heavy atom. The summed E-state index contributed by atoms with van der Waals surface area (Å²) in [5.41, 5.74) is 1.14. The number of alkyl halides is 1. The van der Waals surface area contributed by atoms with Crippen LogP contribution in [0.2, 0.25) is 0 Å². The molecule has 1 heterocycles. The summed E-state index contributed by atoms with van der Waals surface area (Å²) in [4.78, 5) is 4.12. The summed E-state index contributed by atoms with van der Waals surface area (Å²) in [6.45, 7) is 0. The van der Waals surface area contributed by atoms with Gasteiger partial charge < -0.3 is 4.42 Å². The van der Waals surface area contributed by atoms with Crippen LogP contribution in [0.3, 0.4) is 0 Å². The van der Waals surface area contributed by atoms with E-state index in [1.165, 1.54) is 0 Å². The molecule has 0 amide bonds. The van der Waals surface area contributed by atoms with Crippen molar-refractivity contribution in [2.24, 2.45) is 0 Å². The first kappa shape index (κ1) is 10.2. The molecule has 1 aromatic carbocycles. The summed E-state index contributed by atoms with van der Waals surface area (Å²) in [5, 5.41) is 0.694. The van der Waals surface area contributed by atoms with E-state index in [0.717, 1.165) is 11.3 Å². The van der Waals surface area contributed by atoms with Gasteiger partial charge in [-0.15, -0.1) is 0 Å². The molecule has 2 nitrogen and oxygen atoms in total. The van der Waals surface area contributed by atoms with Gasteiger partial charge in [-0.2, -0.15) is 0 Å². The van der Waals surface area contributed by atoms with Gasteiger partial charge in [0.05, 0.1) is 11.5 Å². The van der Waals surface area contributed by atoms with Gasteiger partial charge in [0.15, 0.2) is 0 Å². The van der Waals surface area contributed by atoms with Crippen molar-refractivity contribution >= 4 is 28.1 Å². The maximum atomic E-state index is 5.41. The SMILES string of the molecule is BrCc1cnc(/C=C/c2ccccc2)o1. The van der Waals surface area contributed by atoms with Crippen LogP contribution in [0.5, 0.6) is 0 Å². The maximum Gasteiger partial charge on any atom is 0.218 e. The van der Waals surface area contributed by atoms with Crippen molar-refractivity contribution in [1.82, 2.24) is 4.98 Å². The quantitative estimate of drug-likeness (QED) is 0.789. The summed E-state index contributed by atoms with van der Waals surface area (Å²) in [6, 6.07) is 10.1. The zero-order valence-corrected chi connectivity index (χ0v) is 9.65. The van der Waals surface area contributed by atoms with Gasteiger partial charge >= 0.3 is 0 Å². The molecule has 0 N–H and O–H groups in total. The van der Waals surface area contributed by atoms with Crippen molar-refractivity contribution in [3.63, 3.8) is 0 Å². The van der Waals surface area contributed by atoms with Gasteiger partial charge in [-0.05, 0) is 11.6 Å². The summed E-state index contributed by atoms with van der Waals surface area (Å²) >= 11 is 3.31. The van der Waals surface area contributed by atoms with Crippen molar-refractivity contribution in [1.29, 1.82) is 0 Å². The molecule has 0 atom stereocenters. The molecule has 0 radical (unpaired) electrons. The van der Waals surface area contributed by atoms with Crippen molar-refractivity contribution in [3.05, 3.63) is 53.7 Å². The topological polar surface area (TPSA) is 26.0 Å². The van der Waals surface area contributed by atoms with Crippen LogP contribution in [-0.2, 0) is 5.33 Å². The highest BCUT2D eigenvalue weighted by molar-refractivity contribution is 9.08. The number of aromatic nitrogens is 1. The van der Waals surface area contributed by atoms with Gasteiger partial charge in [0.25, 0.3) is 0 Å². The molecule has 3 heteroatoms. The third kappa shape index (κ3) is 2.80. The van der Waals surface area contributed by atoms with Crippen LogP contribution in [0, 0.1) is 0 Å². The molecule has 0 aliphatic heterocycles. The Hall–Kier alpha value is -1.35. The number of oxazole rings is 1. The Labute approximate surface area is 96.8 Å². The third-order valence-corrected chi connectivity index (χ3v) is 2.47. The average Bonchev–Trinajstić information content (AvgIpc) is 2.76. The van der Waals surface area contributed by atoms with Crippen molar-refractivity contribution < 1.29 is 4.42 Å². The predicted octanol–water partition coefficient (Wildman–Crippen LogP) is 3.74. The van der Waals surface area contributed by atoms with E-state index in [4.69, 9.17) is 4.42 Å². The zero-order chi connectivity index (χ0) is 10.5. The van der Waals surface area contributed by atoms with Crippen LogP contribution in [0.4, 0.5) is 0 Å². The molecule has 2 rings (SSSR count). The molecule has 0 saturated carbocycles. The van der Waals surface area contributed by atoms with Crippen LogP contribution >= 0.6 is 15.9 Å². The molecule has 0 fully saturated rings. The molecule has 2 aromatic rings. The minimum Gasteiger partial charge on any atom is -0.441 e. The number of benzene rings is 1. The van der Waals surface area contributed by atoms with Crippen LogP contribution in [-0.4, -0.2) is 4.98 Å². The Morgan fingerprint density at radius 1 is 1.20 bits per heavy atom. The molecule has 0 aliphatic carbocycles. The lowest BCUT2D eigenvalue weighted by Gasteiger charge is -1.89. The number of halogens is 1. The molecule has 0 saturated heterocycles. The highest BCUT2D eigenvalue weighted by Crippen LogP contribution is 2.11. The second kappa shape index (κ2) is 4.94. The second-order valence-corrected chi connectivity index (χ2v) is 3.60. The van der Waals surface area contributed by atoms with Gasteiger partial charge in [-0.1, -0.05) is 46.3 Å². The lowest BCUT2D eigenvalue weighted by Crippen LogP contribution is -1.70. The molecule has 15 heavy (non-hydrogen) atoms. The molecule has 0 aliphatic rings. The molecular formula is C12H10BrNO. The van der Waals surface area contributed by atoms with E-state index in [2.05, 4.69) is 20.9 Å². The van der Waals surface area contributed by atoms with E-state index in [0.29, 0.717) is 11.2 Å².